The van der Waals surface area contributed by atoms with E-state index in [4.69, 9.17) is 0 Å². The molecule has 0 bridgehead atoms. The summed E-state index contributed by atoms with van der Waals surface area (Å²) in [5, 5.41) is 11.8. The number of nitrogens with zero attached hydrogens (tertiary/aromatic N) is 1. The average molecular weight is 414 g/mol. The van der Waals surface area contributed by atoms with Gasteiger partial charge in [-0.25, -0.2) is 0 Å². The second kappa shape index (κ2) is 0.432. The molecule has 10 aliphatic rings. The second-order valence-corrected chi connectivity index (χ2v) is 51.4. The van der Waals surface area contributed by atoms with Crippen LogP contribution in [0.1, 0.15) is 0 Å². The Labute approximate surface area is 93.2 Å². The predicted molar refractivity (Wildman–Crippen MR) is 62.7 cm³/mol. The van der Waals surface area contributed by atoms with Crippen molar-refractivity contribution in [3.8, 4) is 5.40 Å². The molecule has 0 aromatic carbocycles. The molecule has 4 heteroatoms. The first-order valence-corrected chi connectivity index (χ1v) is 17.6. The van der Waals surface area contributed by atoms with Crippen LogP contribution in [0.2, 0.25) is 36.1 Å². The van der Waals surface area contributed by atoms with E-state index in [1.54, 1.807) is 0 Å². The van der Waals surface area contributed by atoms with Crippen molar-refractivity contribution in [2.45, 2.75) is 41.5 Å². The Bertz CT molecular complexity index is 1020. The Morgan fingerprint density at radius 2 is 1.60 bits per heavy atom. The molecule has 0 aliphatic carbocycles. The molecule has 10 saturated heterocycles. The van der Waals surface area contributed by atoms with E-state index in [-0.39, 0.29) is 0 Å². The minimum atomic E-state index is -3.26. The summed E-state index contributed by atoms with van der Waals surface area (Å²) in [5.41, 5.74) is 0. The average Bonchev–Trinajstić information content (AvgIpc) is 3.14. The molecule has 0 amide bonds. The molecule has 0 aromatic rings. The van der Waals surface area contributed by atoms with E-state index in [1.165, 1.54) is 36.1 Å². The normalized spacial score (nSPS) is 138. The van der Waals surface area contributed by atoms with E-state index in [0.29, 0.717) is 0 Å². The van der Waals surface area contributed by atoms with Gasteiger partial charge in [0.1, 0.15) is 0 Å². The predicted octanol–water partition coefficient (Wildman–Crippen LogP) is 3.84. The first-order valence-electron chi connectivity index (χ1n) is 5.96. The van der Waals surface area contributed by atoms with Gasteiger partial charge >= 0.3 is 94.2 Å². The van der Waals surface area contributed by atoms with Crippen LogP contribution in [-0.2, 0) is 7.72 Å². The molecule has 10 aliphatic heterocycles. The standard InChI is InChI=1S/C6H4NS.C5H4I.Ru/c7-5-8-6-3-1-2-4-6;6-5-3-1-2-4-5;/h1-4H;1-4H;. The molecule has 8 atom stereocenters. The van der Waals surface area contributed by atoms with Gasteiger partial charge in [0.15, 0.2) is 0 Å². The third kappa shape index (κ3) is 0.0495. The van der Waals surface area contributed by atoms with Gasteiger partial charge in [-0.05, 0) is 0 Å². The van der Waals surface area contributed by atoms with Crippen molar-refractivity contribution in [2.24, 2.45) is 0 Å². The number of alkyl halides is 1. The summed E-state index contributed by atoms with van der Waals surface area (Å²) in [6.45, 7) is 0. The van der Waals surface area contributed by atoms with Gasteiger partial charge in [-0.3, -0.25) is 0 Å². The molecule has 10 heterocycles. The molecule has 8 unspecified atom stereocenters. The van der Waals surface area contributed by atoms with Gasteiger partial charge in [0.25, 0.3) is 0 Å². The summed E-state index contributed by atoms with van der Waals surface area (Å²) in [5.74, 6) is 0. The molecule has 1 nitrogen and oxygen atoms in total. The van der Waals surface area contributed by atoms with Crippen LogP contribution in [0.3, 0.4) is 0 Å². The van der Waals surface area contributed by atoms with Gasteiger partial charge < -0.3 is 0 Å². The Morgan fingerprint density at radius 1 is 1.07 bits per heavy atom. The fourth-order valence-electron chi connectivity index (χ4n) is 16.3. The molecule has 10 fully saturated rings. The van der Waals surface area contributed by atoms with Crippen LogP contribution in [0.25, 0.3) is 0 Å². The molecule has 78 valence electrons. The van der Waals surface area contributed by atoms with Crippen LogP contribution in [-0.4, -0.2) is 5.36 Å². The van der Waals surface area contributed by atoms with Crippen molar-refractivity contribution in [3.05, 3.63) is 0 Å². The number of hydrogen-bond acceptors (Lipinski definition) is 2. The van der Waals surface area contributed by atoms with Crippen molar-refractivity contribution in [3.63, 3.8) is 0 Å². The Morgan fingerprint density at radius 3 is 1.80 bits per heavy atom. The van der Waals surface area contributed by atoms with Gasteiger partial charge in [0.2, 0.25) is 0 Å². The first kappa shape index (κ1) is 5.89. The van der Waals surface area contributed by atoms with Crippen LogP contribution in [0.5, 0.6) is 0 Å². The SMILES string of the molecule is N#CS[C]12[CH]3[CH]4[CH]5[CH]1[Ru]45321678[CH]2[CH]1[CH]6[C]7(I)[CH]28. The van der Waals surface area contributed by atoms with Gasteiger partial charge in [-0.1, -0.05) is 0 Å². The van der Waals surface area contributed by atoms with Crippen molar-refractivity contribution >= 4 is 34.4 Å². The number of fused-ring (bicyclic) bond motifs is 10. The zero-order valence-corrected chi connectivity index (χ0v) is 12.4. The van der Waals surface area contributed by atoms with Crippen LogP contribution in [0.4, 0.5) is 0 Å². The van der Waals surface area contributed by atoms with E-state index < -0.39 is 7.72 Å². The second-order valence-electron chi connectivity index (χ2n) is 9.81. The van der Waals surface area contributed by atoms with Crippen LogP contribution in [0, 0.1) is 10.7 Å². The Kier molecular flexibility index (Phi) is 0.170. The Hall–Kier alpha value is 1.19. The summed E-state index contributed by atoms with van der Waals surface area (Å²) < 4.78 is 12.5. The van der Waals surface area contributed by atoms with Crippen LogP contribution < -0.4 is 0 Å². The first-order chi connectivity index (χ1) is 6.99. The van der Waals surface area contributed by atoms with E-state index in [0.717, 1.165) is 5.36 Å². The topological polar surface area (TPSA) is 23.8 Å². The molecule has 0 radical (unpaired) electrons. The number of rotatable bonds is 1. The van der Waals surface area contributed by atoms with E-state index in [1.807, 2.05) is 11.8 Å². The maximum absolute atomic E-state index is 9.23. The maximum atomic E-state index is 9.23. The molecule has 0 saturated carbocycles. The fraction of sp³-hybridized carbons (Fsp3) is 0.909. The molecular formula is C11H8INRuS. The monoisotopic (exact) mass is 415 g/mol. The number of thioether (sulfide) groups is 1. The molecule has 10 rings (SSSR count). The summed E-state index contributed by atoms with van der Waals surface area (Å²) in [6, 6.07) is 0. The van der Waals surface area contributed by atoms with Crippen LogP contribution >= 0.6 is 34.4 Å². The zero-order chi connectivity index (χ0) is 9.35. The molecular weight excluding hydrogens is 406 g/mol. The Balaban J connectivity index is 1.86. The van der Waals surface area contributed by atoms with Crippen molar-refractivity contribution < 1.29 is 7.72 Å². The number of nitriles is 1. The summed E-state index contributed by atoms with van der Waals surface area (Å²) in [4.78, 5) is 0. The fourth-order valence-corrected chi connectivity index (χ4v) is 186. The van der Waals surface area contributed by atoms with Crippen molar-refractivity contribution in [1.82, 2.24) is 0 Å². The number of thiocyanates is 1. The molecule has 0 N–H and O–H groups in total. The molecule has 1 spiro atoms. The van der Waals surface area contributed by atoms with Gasteiger partial charge in [0, 0.05) is 0 Å². The quantitative estimate of drug-likeness (QED) is 0.282. The summed E-state index contributed by atoms with van der Waals surface area (Å²) in [6.07, 6.45) is 0. The number of halogens is 1. The minimum absolute atomic E-state index is 0.772. The molecule has 0 aromatic heterocycles. The zero-order valence-electron chi connectivity index (χ0n) is 7.71. The third-order valence-corrected chi connectivity index (χ3v) is 101. The van der Waals surface area contributed by atoms with Gasteiger partial charge in [-0.2, -0.15) is 0 Å². The van der Waals surface area contributed by atoms with E-state index >= 15 is 0 Å². The molecule has 15 heavy (non-hydrogen) atoms. The van der Waals surface area contributed by atoms with Crippen molar-refractivity contribution in [2.75, 3.05) is 0 Å². The summed E-state index contributed by atoms with van der Waals surface area (Å²) >= 11 is 4.85. The van der Waals surface area contributed by atoms with E-state index in [2.05, 4.69) is 28.0 Å². The van der Waals surface area contributed by atoms with E-state index in [9.17, 15) is 5.26 Å². The number of hydrogen-bond donors (Lipinski definition) is 0. The third-order valence-electron chi connectivity index (χ3n) is 14.7. The summed E-state index contributed by atoms with van der Waals surface area (Å²) in [7, 11) is -3.26. The van der Waals surface area contributed by atoms with Crippen LogP contribution in [0.15, 0.2) is 0 Å². The van der Waals surface area contributed by atoms with Gasteiger partial charge in [-0.15, -0.1) is 0 Å². The van der Waals surface area contributed by atoms with Crippen molar-refractivity contribution in [1.29, 1.82) is 5.26 Å². The van der Waals surface area contributed by atoms with Gasteiger partial charge in [0.05, 0.1) is 0 Å².